The van der Waals surface area contributed by atoms with Crippen molar-refractivity contribution in [3.63, 3.8) is 0 Å². The van der Waals surface area contributed by atoms with Gasteiger partial charge in [0.2, 0.25) is 5.91 Å². The van der Waals surface area contributed by atoms with E-state index in [1.807, 2.05) is 4.90 Å². The largest absolute Gasteiger partial charge is 0.733 e. The third-order valence-corrected chi connectivity index (χ3v) is 5.47. The molecule has 1 saturated heterocycles. The van der Waals surface area contributed by atoms with Gasteiger partial charge in [0.1, 0.15) is 11.4 Å². The summed E-state index contributed by atoms with van der Waals surface area (Å²) in [5, 5.41) is 23.6. The Morgan fingerprint density at radius 2 is 2.25 bits per heavy atom. The van der Waals surface area contributed by atoms with Crippen LogP contribution in [0, 0.1) is 11.1 Å². The van der Waals surface area contributed by atoms with Crippen LogP contribution in [0.2, 0.25) is 0 Å². The maximum Gasteiger partial charge on any atom is 0.275 e. The van der Waals surface area contributed by atoms with Crippen LogP contribution in [0.1, 0.15) is 30.2 Å². The van der Waals surface area contributed by atoms with Crippen molar-refractivity contribution < 1.29 is 19.3 Å². The van der Waals surface area contributed by atoms with Crippen LogP contribution in [0.15, 0.2) is 27.5 Å². The predicted octanol–water partition coefficient (Wildman–Crippen LogP) is 1.12. The Labute approximate surface area is 160 Å². The molecule has 0 spiro atoms. The van der Waals surface area contributed by atoms with Gasteiger partial charge in [-0.05, 0) is 29.6 Å². The smallest absolute Gasteiger partial charge is 0.275 e. The van der Waals surface area contributed by atoms with E-state index in [1.165, 1.54) is 13.2 Å². The molecule has 2 aliphatic rings. The van der Waals surface area contributed by atoms with Crippen LogP contribution in [0.5, 0.6) is 5.88 Å². The first-order chi connectivity index (χ1) is 13.5. The Morgan fingerprint density at radius 1 is 1.43 bits per heavy atom. The van der Waals surface area contributed by atoms with Gasteiger partial charge in [0, 0.05) is 50.2 Å². The summed E-state index contributed by atoms with van der Waals surface area (Å²) in [4.78, 5) is 27.0. The average molecular weight is 389 g/mol. The van der Waals surface area contributed by atoms with E-state index in [1.54, 1.807) is 16.7 Å². The molecule has 2 unspecified atom stereocenters. The summed E-state index contributed by atoms with van der Waals surface area (Å²) in [6.07, 6.45) is 1.64. The second-order valence-electron chi connectivity index (χ2n) is 7.27. The van der Waals surface area contributed by atoms with Crippen molar-refractivity contribution in [2.24, 2.45) is 5.92 Å². The van der Waals surface area contributed by atoms with Crippen molar-refractivity contribution >= 4 is 11.6 Å². The van der Waals surface area contributed by atoms with Gasteiger partial charge in [-0.2, -0.15) is 0 Å². The minimum Gasteiger partial charge on any atom is -0.733 e. The maximum atomic E-state index is 12.7. The molecule has 10 nitrogen and oxygen atoms in total. The molecule has 2 aromatic heterocycles. The molecule has 2 aliphatic heterocycles. The van der Waals surface area contributed by atoms with E-state index in [0.717, 1.165) is 12.1 Å². The molecule has 2 bridgehead atoms. The minimum absolute atomic E-state index is 0.0265. The highest BCUT2D eigenvalue weighted by molar-refractivity contribution is 5.76. The quantitative estimate of drug-likeness (QED) is 0.755. The fourth-order valence-corrected chi connectivity index (χ4v) is 4.18. The second kappa shape index (κ2) is 7.28. The lowest BCUT2D eigenvalue weighted by atomic mass is 9.83. The fraction of sp³-hybridized carbons (Fsp3) is 0.500. The number of anilines is 1. The third kappa shape index (κ3) is 3.36. The summed E-state index contributed by atoms with van der Waals surface area (Å²) in [6.45, 7) is 1.51. The number of methoxy groups -OCH3 is 1. The SMILES string of the molecule is COc1cc(CCC(=O)N2CC3CC(C2)c2ccc(N([O-])O)c(=O)n2C3)on1. The van der Waals surface area contributed by atoms with Gasteiger partial charge in [-0.15, -0.1) is 0 Å². The highest BCUT2D eigenvalue weighted by Gasteiger charge is 2.36. The third-order valence-electron chi connectivity index (χ3n) is 5.47. The number of fused-ring (bicyclic) bond motifs is 4. The van der Waals surface area contributed by atoms with E-state index >= 15 is 0 Å². The lowest BCUT2D eigenvalue weighted by Crippen LogP contribution is -2.49. The van der Waals surface area contributed by atoms with E-state index in [9.17, 15) is 14.8 Å². The zero-order chi connectivity index (χ0) is 19.8. The summed E-state index contributed by atoms with van der Waals surface area (Å²) in [7, 11) is 1.50. The first-order valence-electron chi connectivity index (χ1n) is 9.13. The molecule has 1 N–H and O–H groups in total. The lowest BCUT2D eigenvalue weighted by Gasteiger charge is -2.43. The molecular weight excluding hydrogens is 368 g/mol. The maximum absolute atomic E-state index is 12.7. The van der Waals surface area contributed by atoms with Crippen molar-refractivity contribution in [1.29, 1.82) is 0 Å². The summed E-state index contributed by atoms with van der Waals surface area (Å²) in [5.74, 6) is 1.17. The van der Waals surface area contributed by atoms with Crippen LogP contribution in [-0.4, -0.2) is 45.9 Å². The lowest BCUT2D eigenvalue weighted by molar-refractivity contribution is -0.134. The van der Waals surface area contributed by atoms with Gasteiger partial charge in [-0.1, -0.05) is 0 Å². The summed E-state index contributed by atoms with van der Waals surface area (Å²) >= 11 is 0. The van der Waals surface area contributed by atoms with E-state index in [2.05, 4.69) is 5.16 Å². The molecule has 0 aromatic carbocycles. The number of amides is 1. The summed E-state index contributed by atoms with van der Waals surface area (Å²) in [5.41, 5.74) is 0.00667. The van der Waals surface area contributed by atoms with E-state index < -0.39 is 10.8 Å². The number of aryl methyl sites for hydroxylation is 1. The first-order valence-corrected chi connectivity index (χ1v) is 9.13. The van der Waals surface area contributed by atoms with Crippen molar-refractivity contribution in [3.8, 4) is 5.88 Å². The predicted molar refractivity (Wildman–Crippen MR) is 97.1 cm³/mol. The number of carbonyl (C=O) groups excluding carboxylic acids is 1. The number of carbonyl (C=O) groups is 1. The minimum atomic E-state index is -0.497. The van der Waals surface area contributed by atoms with Crippen LogP contribution in [-0.2, 0) is 17.8 Å². The summed E-state index contributed by atoms with van der Waals surface area (Å²) < 4.78 is 11.6. The molecule has 1 amide bonds. The van der Waals surface area contributed by atoms with Crippen LogP contribution in [0.25, 0.3) is 0 Å². The Balaban J connectivity index is 1.46. The van der Waals surface area contributed by atoms with Crippen LogP contribution in [0.4, 0.5) is 5.69 Å². The molecule has 28 heavy (non-hydrogen) atoms. The Bertz CT molecular complexity index is 936. The van der Waals surface area contributed by atoms with E-state index in [-0.39, 0.29) is 23.4 Å². The molecule has 0 aliphatic carbocycles. The molecule has 4 rings (SSSR count). The van der Waals surface area contributed by atoms with E-state index in [0.29, 0.717) is 44.1 Å². The molecular formula is C18H21N4O6-. The van der Waals surface area contributed by atoms with Crippen molar-refractivity contribution in [1.82, 2.24) is 14.6 Å². The zero-order valence-electron chi connectivity index (χ0n) is 15.4. The number of pyridine rings is 1. The van der Waals surface area contributed by atoms with Crippen molar-refractivity contribution in [2.75, 3.05) is 25.4 Å². The van der Waals surface area contributed by atoms with Crippen LogP contribution in [0.3, 0.4) is 0 Å². The normalized spacial score (nSPS) is 20.6. The van der Waals surface area contributed by atoms with Gasteiger partial charge in [0.25, 0.3) is 11.4 Å². The zero-order valence-corrected chi connectivity index (χ0v) is 15.4. The Hall–Kier alpha value is -2.85. The molecule has 0 radical (unpaired) electrons. The fourth-order valence-electron chi connectivity index (χ4n) is 4.18. The number of ether oxygens (including phenoxy) is 1. The standard InChI is InChI=1S/C18H21N4O6/c1-27-16-7-13(28-19-16)2-5-17(23)20-8-11-6-12(10-20)14-3-4-15(22(25)26)18(24)21(14)9-11/h3-4,7,11-12,25H,2,5-6,8-10H2,1H3/q-1. The Morgan fingerprint density at radius 3 is 2.96 bits per heavy atom. The van der Waals surface area contributed by atoms with Crippen LogP contribution < -0.4 is 15.5 Å². The molecule has 10 heteroatoms. The number of aromatic nitrogens is 2. The summed E-state index contributed by atoms with van der Waals surface area (Å²) in [6, 6.07) is 4.69. The highest BCUT2D eigenvalue weighted by atomic mass is 16.8. The second-order valence-corrected chi connectivity index (χ2v) is 7.27. The average Bonchev–Trinajstić information content (AvgIpc) is 3.14. The monoisotopic (exact) mass is 389 g/mol. The van der Waals surface area contributed by atoms with Gasteiger partial charge in [0.15, 0.2) is 0 Å². The van der Waals surface area contributed by atoms with Crippen molar-refractivity contribution in [3.05, 3.63) is 45.2 Å². The number of hydrogen-bond acceptors (Lipinski definition) is 8. The Kier molecular flexibility index (Phi) is 4.82. The molecule has 4 heterocycles. The molecule has 2 aromatic rings. The van der Waals surface area contributed by atoms with Crippen molar-refractivity contribution in [2.45, 2.75) is 31.7 Å². The van der Waals surface area contributed by atoms with Gasteiger partial charge >= 0.3 is 0 Å². The molecule has 0 saturated carbocycles. The van der Waals surface area contributed by atoms with E-state index in [4.69, 9.17) is 14.5 Å². The number of hydrogen-bond donors (Lipinski definition) is 1. The van der Waals surface area contributed by atoms with Gasteiger partial charge in [0.05, 0.1) is 7.11 Å². The number of piperidine rings is 1. The van der Waals surface area contributed by atoms with Crippen LogP contribution >= 0.6 is 0 Å². The topological polar surface area (TPSA) is 124 Å². The molecule has 150 valence electrons. The number of likely N-dealkylation sites (tertiary alicyclic amines) is 1. The van der Waals surface area contributed by atoms with Gasteiger partial charge < -0.3 is 29.2 Å². The van der Waals surface area contributed by atoms with Gasteiger partial charge in [-0.3, -0.25) is 14.8 Å². The first kappa shape index (κ1) is 18.5. The molecule has 1 fully saturated rings. The van der Waals surface area contributed by atoms with Gasteiger partial charge in [-0.25, -0.2) is 0 Å². The highest BCUT2D eigenvalue weighted by Crippen LogP contribution is 2.35. The number of nitrogens with zero attached hydrogens (tertiary/aromatic N) is 4. The molecule has 2 atom stereocenters. The number of rotatable bonds is 5.